The van der Waals surface area contributed by atoms with Crippen LogP contribution in [0.2, 0.25) is 0 Å². The summed E-state index contributed by atoms with van der Waals surface area (Å²) in [6.45, 7) is 0.895. The summed E-state index contributed by atoms with van der Waals surface area (Å²) in [4.78, 5) is 105. The average molecular weight is 899 g/mol. The number of nitrogens with zero attached hydrogens (tertiary/aromatic N) is 1. The normalized spacial score (nSPS) is 25.8. The zero-order valence-electron chi connectivity index (χ0n) is 35.0. The number of likely N-dealkylation sites (tertiary alicyclic amines) is 1. The first-order valence-corrected chi connectivity index (χ1v) is 20.5. The molecule has 64 heavy (non-hydrogen) atoms. The van der Waals surface area contributed by atoms with Crippen molar-refractivity contribution in [2.75, 3.05) is 26.9 Å². The highest BCUT2D eigenvalue weighted by Crippen LogP contribution is 2.52. The van der Waals surface area contributed by atoms with Crippen molar-refractivity contribution >= 4 is 46.9 Å². The van der Waals surface area contributed by atoms with Crippen molar-refractivity contribution in [1.29, 1.82) is 0 Å². The molecule has 2 aliphatic carbocycles. The Morgan fingerprint density at radius 1 is 1.00 bits per heavy atom. The van der Waals surface area contributed by atoms with Crippen LogP contribution in [0.1, 0.15) is 101 Å². The predicted molar refractivity (Wildman–Crippen MR) is 214 cm³/mol. The fraction of sp³-hybridized carbons (Fsp3) is 0.524. The first-order chi connectivity index (χ1) is 30.3. The monoisotopic (exact) mass is 898 g/mol. The number of carbonyl (C=O) groups is 8. The van der Waals surface area contributed by atoms with Gasteiger partial charge in [-0.2, -0.15) is 0 Å². The van der Waals surface area contributed by atoms with E-state index in [-0.39, 0.29) is 47.4 Å². The number of carboxylic acid groups (broad SMARTS) is 1. The van der Waals surface area contributed by atoms with E-state index in [2.05, 4.69) is 16.0 Å². The van der Waals surface area contributed by atoms with Crippen molar-refractivity contribution in [1.82, 2.24) is 20.9 Å². The van der Waals surface area contributed by atoms with E-state index >= 15 is 0 Å². The summed E-state index contributed by atoms with van der Waals surface area (Å²) in [5, 5.41) is 81.9. The topological polar surface area (TPSA) is 345 Å². The lowest BCUT2D eigenvalue weighted by Crippen LogP contribution is -2.60. The Morgan fingerprint density at radius 2 is 1.70 bits per heavy atom. The van der Waals surface area contributed by atoms with E-state index < -0.39 is 163 Å². The molecule has 2 saturated heterocycles. The second kappa shape index (κ2) is 19.0. The van der Waals surface area contributed by atoms with Crippen molar-refractivity contribution in [2.45, 2.75) is 113 Å². The number of aliphatic hydroxyl groups is 4. The third-order valence-corrected chi connectivity index (χ3v) is 12.1. The zero-order valence-corrected chi connectivity index (χ0v) is 35.0. The maximum atomic E-state index is 14.0. The van der Waals surface area contributed by atoms with Crippen molar-refractivity contribution < 1.29 is 88.3 Å². The van der Waals surface area contributed by atoms with Gasteiger partial charge in [-0.1, -0.05) is 12.1 Å². The Hall–Kier alpha value is -6.04. The number of hydrogen-bond acceptors (Lipinski definition) is 17. The Balaban J connectivity index is 1.21. The molecule has 2 heterocycles. The highest BCUT2D eigenvalue weighted by Gasteiger charge is 2.51. The molecule has 0 saturated carbocycles. The number of aliphatic carboxylic acids is 1. The van der Waals surface area contributed by atoms with Crippen molar-refractivity contribution in [3.8, 4) is 17.2 Å². The van der Waals surface area contributed by atoms with Gasteiger partial charge in [-0.05, 0) is 32.8 Å². The molecule has 0 spiro atoms. The molecular weight excluding hydrogens is 848 g/mol. The first-order valence-electron chi connectivity index (χ1n) is 20.5. The molecule has 2 aliphatic heterocycles. The number of rotatable bonds is 15. The zero-order chi connectivity index (χ0) is 46.9. The van der Waals surface area contributed by atoms with E-state index in [1.165, 1.54) is 44.1 Å². The van der Waals surface area contributed by atoms with Gasteiger partial charge in [0.05, 0.1) is 55.1 Å². The number of carbonyl (C=O) groups excluding carboxylic acids is 7. The van der Waals surface area contributed by atoms with Crippen LogP contribution in [0.3, 0.4) is 0 Å². The summed E-state index contributed by atoms with van der Waals surface area (Å²) in [6.07, 6.45) is -7.43. The Bertz CT molecular complexity index is 2270. The second-order valence-corrected chi connectivity index (χ2v) is 16.2. The SMILES string of the molecule is COc1cccc2c1C(=O)c1c(O)c3c(c(O)c1C2=O)C[C@@](O)(C(=O)CO)C[C@@H]3OC1CC(NC(=O)[C@@H]2CCCN2C(=O)[C@@H](C)NC(=O)[C@H](CO)NC(=O)CCC(=O)O)C(O)C(C)O1. The Morgan fingerprint density at radius 3 is 2.36 bits per heavy atom. The van der Waals surface area contributed by atoms with E-state index in [4.69, 9.17) is 19.3 Å². The molecule has 6 rings (SSSR count). The fourth-order valence-corrected chi connectivity index (χ4v) is 8.75. The van der Waals surface area contributed by atoms with Crippen LogP contribution in [-0.4, -0.2) is 163 Å². The summed E-state index contributed by atoms with van der Waals surface area (Å²) in [7, 11) is 1.27. The van der Waals surface area contributed by atoms with Gasteiger partial charge in [0.1, 0.15) is 53.7 Å². The molecule has 346 valence electrons. The maximum absolute atomic E-state index is 14.0. The van der Waals surface area contributed by atoms with E-state index in [1.54, 1.807) is 0 Å². The molecule has 2 aromatic rings. The van der Waals surface area contributed by atoms with E-state index in [9.17, 15) is 69.0 Å². The van der Waals surface area contributed by atoms with Crippen molar-refractivity contribution in [3.63, 3.8) is 0 Å². The highest BCUT2D eigenvalue weighted by atomic mass is 16.7. The number of carboxylic acids is 1. The van der Waals surface area contributed by atoms with E-state index in [0.717, 1.165) is 0 Å². The number of Topliss-reactive ketones (excluding diaryl/α,β-unsaturated/α-hetero) is 1. The van der Waals surface area contributed by atoms with Crippen LogP contribution in [0.5, 0.6) is 17.2 Å². The molecule has 0 bridgehead atoms. The largest absolute Gasteiger partial charge is 0.507 e. The van der Waals surface area contributed by atoms with Crippen LogP contribution in [0.15, 0.2) is 18.2 Å². The summed E-state index contributed by atoms with van der Waals surface area (Å²) in [5.41, 5.74) is -4.48. The van der Waals surface area contributed by atoms with Crippen LogP contribution < -0.4 is 20.7 Å². The lowest BCUT2D eigenvalue weighted by Gasteiger charge is -2.43. The molecular formula is C42H50N4O18. The third-order valence-electron chi connectivity index (χ3n) is 12.1. The van der Waals surface area contributed by atoms with Crippen LogP contribution in [0.4, 0.5) is 0 Å². The number of phenolic OH excluding ortho intramolecular Hbond substituents is 2. The van der Waals surface area contributed by atoms with E-state index in [1.807, 2.05) is 0 Å². The molecule has 10 N–H and O–H groups in total. The minimum absolute atomic E-state index is 0.0159. The summed E-state index contributed by atoms with van der Waals surface area (Å²) >= 11 is 0. The van der Waals surface area contributed by atoms with Crippen molar-refractivity contribution in [2.24, 2.45) is 0 Å². The molecule has 9 atom stereocenters. The number of methoxy groups -OCH3 is 1. The number of hydrogen-bond donors (Lipinski definition) is 10. The molecule has 22 heteroatoms. The molecule has 22 nitrogen and oxygen atoms in total. The molecule has 0 aromatic heterocycles. The predicted octanol–water partition coefficient (Wildman–Crippen LogP) is -2.00. The van der Waals surface area contributed by atoms with Gasteiger partial charge in [-0.3, -0.25) is 38.4 Å². The van der Waals surface area contributed by atoms with Gasteiger partial charge >= 0.3 is 5.97 Å². The molecule has 2 aromatic carbocycles. The Labute approximate surface area is 364 Å². The number of fused-ring (bicyclic) bond motifs is 3. The molecule has 4 unspecified atom stereocenters. The van der Waals surface area contributed by atoms with Gasteiger partial charge in [0.25, 0.3) is 0 Å². The summed E-state index contributed by atoms with van der Waals surface area (Å²) < 4.78 is 17.5. The molecule has 0 radical (unpaired) electrons. The smallest absolute Gasteiger partial charge is 0.303 e. The van der Waals surface area contributed by atoms with Gasteiger partial charge in [-0.25, -0.2) is 0 Å². The number of amides is 4. The third kappa shape index (κ3) is 9.01. The molecule has 4 aliphatic rings. The van der Waals surface area contributed by atoms with Crippen molar-refractivity contribution in [3.05, 3.63) is 51.6 Å². The number of aliphatic hydroxyl groups excluding tert-OH is 3. The van der Waals surface area contributed by atoms with Gasteiger partial charge in [0.15, 0.2) is 17.9 Å². The maximum Gasteiger partial charge on any atom is 0.303 e. The number of phenols is 2. The van der Waals surface area contributed by atoms with Crippen LogP contribution in [-0.2, 0) is 44.7 Å². The minimum atomic E-state index is -2.43. The minimum Gasteiger partial charge on any atom is -0.507 e. The highest BCUT2D eigenvalue weighted by molar-refractivity contribution is 6.31. The lowest BCUT2D eigenvalue weighted by molar-refractivity contribution is -0.249. The second-order valence-electron chi connectivity index (χ2n) is 16.2. The number of nitrogens with one attached hydrogen (secondary N) is 3. The van der Waals surface area contributed by atoms with Gasteiger partial charge in [0.2, 0.25) is 29.4 Å². The quantitative estimate of drug-likeness (QED) is 0.0737. The fourth-order valence-electron chi connectivity index (χ4n) is 8.75. The summed E-state index contributed by atoms with van der Waals surface area (Å²) in [5.74, 6) is -8.79. The standard InChI is InChI=1S/C42H50N4O18/c1-17(43-39(58)22(15-47)44-27(50)9-10-28(51)52)41(60)46-11-5-7-23(46)40(59)45-21-12-29(63-18(2)34(21)53)64-25-14-42(61,26(49)16-48)13-20-31(25)38(57)33-32(36(20)55)35(54)19-6-4-8-24(62-3)30(19)37(33)56/h4,6,8,17-18,21-23,25,29,34,47-48,53,55,57,61H,5,7,9-16H2,1-3H3,(H,43,58)(H,44,50)(H,45,59)(H,51,52)/t17-,18?,21?,22+,23+,25+,29?,34?,42+/m1/s1. The first kappa shape index (κ1) is 47.4. The van der Waals surface area contributed by atoms with Crippen LogP contribution in [0.25, 0.3) is 0 Å². The molecule has 4 amide bonds. The number of ether oxygens (including phenoxy) is 3. The van der Waals surface area contributed by atoms with Crippen LogP contribution in [0, 0.1) is 0 Å². The van der Waals surface area contributed by atoms with Gasteiger partial charge in [-0.15, -0.1) is 0 Å². The van der Waals surface area contributed by atoms with Gasteiger partial charge in [0, 0.05) is 48.9 Å². The Kier molecular flexibility index (Phi) is 14.1. The van der Waals surface area contributed by atoms with Crippen LogP contribution >= 0.6 is 0 Å². The van der Waals surface area contributed by atoms with E-state index in [0.29, 0.717) is 6.42 Å². The lowest BCUT2D eigenvalue weighted by atomic mass is 9.72. The number of ketones is 3. The molecule has 2 fully saturated rings. The number of aromatic hydroxyl groups is 2. The number of benzene rings is 2. The summed E-state index contributed by atoms with van der Waals surface area (Å²) in [6, 6.07) is -0.745. The van der Waals surface area contributed by atoms with Gasteiger partial charge < -0.3 is 70.8 Å². The average Bonchev–Trinajstić information content (AvgIpc) is 3.76.